The molecule has 0 heterocycles. The Morgan fingerprint density at radius 3 is 2.11 bits per heavy atom. The quantitative estimate of drug-likeness (QED) is 0.624. The van der Waals surface area contributed by atoms with Crippen molar-refractivity contribution in [3.05, 3.63) is 34.4 Å². The van der Waals surface area contributed by atoms with Crippen molar-refractivity contribution in [2.45, 2.75) is 42.2 Å². The summed E-state index contributed by atoms with van der Waals surface area (Å²) in [5.41, 5.74) is -0.0856. The number of hydrogen-bond acceptors (Lipinski definition) is 4. The molecule has 0 radical (unpaired) electrons. The van der Waals surface area contributed by atoms with Crippen molar-refractivity contribution in [3.8, 4) is 0 Å². The summed E-state index contributed by atoms with van der Waals surface area (Å²) in [4.78, 5) is 10.2. The molecule has 0 aromatic heterocycles. The van der Waals surface area contributed by atoms with E-state index in [9.17, 15) is 18.5 Å². The summed E-state index contributed by atoms with van der Waals surface area (Å²) in [6, 6.07) is 5.16. The van der Waals surface area contributed by atoms with Crippen LogP contribution < -0.4 is 0 Å². The van der Waals surface area contributed by atoms with Crippen LogP contribution in [0.25, 0.3) is 0 Å². The zero-order valence-corrected chi connectivity index (χ0v) is 10.7. The number of sulfone groups is 1. The van der Waals surface area contributed by atoms with Gasteiger partial charge in [-0.15, -0.1) is 0 Å². The molecule has 0 aliphatic heterocycles. The summed E-state index contributed by atoms with van der Waals surface area (Å²) in [7, 11) is -3.33. The highest BCUT2D eigenvalue weighted by molar-refractivity contribution is 7.92. The van der Waals surface area contributed by atoms with Gasteiger partial charge in [-0.1, -0.05) is 19.3 Å². The van der Waals surface area contributed by atoms with Crippen LogP contribution in [0.2, 0.25) is 0 Å². The maximum atomic E-state index is 12.3. The van der Waals surface area contributed by atoms with Crippen molar-refractivity contribution in [2.75, 3.05) is 0 Å². The Balaban J connectivity index is 2.26. The van der Waals surface area contributed by atoms with Crippen LogP contribution in [-0.2, 0) is 9.84 Å². The molecule has 6 heteroatoms. The van der Waals surface area contributed by atoms with Crippen molar-refractivity contribution in [2.24, 2.45) is 0 Å². The number of nitro benzene ring substituents is 1. The third-order valence-corrected chi connectivity index (χ3v) is 5.65. The molecule has 1 fully saturated rings. The fraction of sp³-hybridized carbons (Fsp3) is 0.500. The van der Waals surface area contributed by atoms with E-state index in [0.717, 1.165) is 19.3 Å². The van der Waals surface area contributed by atoms with E-state index in [2.05, 4.69) is 0 Å². The van der Waals surface area contributed by atoms with Gasteiger partial charge in [0.25, 0.3) is 5.69 Å². The van der Waals surface area contributed by atoms with Crippen LogP contribution in [0.3, 0.4) is 0 Å². The molecule has 1 aromatic carbocycles. The smallest absolute Gasteiger partial charge is 0.258 e. The highest BCUT2D eigenvalue weighted by atomic mass is 32.2. The first kappa shape index (κ1) is 13.0. The first-order valence-electron chi connectivity index (χ1n) is 6.00. The monoisotopic (exact) mass is 269 g/mol. The van der Waals surface area contributed by atoms with E-state index < -0.39 is 14.8 Å². The molecule has 0 unspecified atom stereocenters. The normalized spacial score (nSPS) is 17.6. The Bertz CT molecular complexity index is 530. The molecular formula is C12H15NO4S. The van der Waals surface area contributed by atoms with Gasteiger partial charge in [-0.3, -0.25) is 10.1 Å². The molecule has 5 nitrogen and oxygen atoms in total. The number of non-ortho nitro benzene ring substituents is 1. The van der Waals surface area contributed by atoms with Gasteiger partial charge in [-0.05, 0) is 25.0 Å². The number of hydrogen-bond donors (Lipinski definition) is 0. The average molecular weight is 269 g/mol. The predicted molar refractivity (Wildman–Crippen MR) is 67.2 cm³/mol. The third kappa shape index (κ3) is 2.53. The zero-order chi connectivity index (χ0) is 13.2. The molecule has 1 saturated carbocycles. The standard InChI is InChI=1S/C12H15NO4S/c14-13(15)10-6-8-12(9-7-10)18(16,17)11-4-2-1-3-5-11/h6-9,11H,1-5H2. The van der Waals surface area contributed by atoms with Gasteiger partial charge in [0.1, 0.15) is 0 Å². The predicted octanol–water partition coefficient (Wildman–Crippen LogP) is 2.70. The average Bonchev–Trinajstić information content (AvgIpc) is 2.40. The highest BCUT2D eigenvalue weighted by Gasteiger charge is 2.29. The van der Waals surface area contributed by atoms with Gasteiger partial charge >= 0.3 is 0 Å². The van der Waals surface area contributed by atoms with Gasteiger partial charge in [-0.2, -0.15) is 0 Å². The second-order valence-corrected chi connectivity index (χ2v) is 6.78. The van der Waals surface area contributed by atoms with E-state index in [-0.39, 0.29) is 15.8 Å². The molecule has 1 aliphatic rings. The van der Waals surface area contributed by atoms with Gasteiger partial charge in [0.2, 0.25) is 0 Å². The second kappa shape index (κ2) is 5.06. The Hall–Kier alpha value is -1.43. The van der Waals surface area contributed by atoms with Crippen LogP contribution in [0.15, 0.2) is 29.2 Å². The summed E-state index contributed by atoms with van der Waals surface area (Å²) >= 11 is 0. The van der Waals surface area contributed by atoms with E-state index >= 15 is 0 Å². The Morgan fingerprint density at radius 2 is 1.61 bits per heavy atom. The molecular weight excluding hydrogens is 254 g/mol. The van der Waals surface area contributed by atoms with Crippen LogP contribution >= 0.6 is 0 Å². The lowest BCUT2D eigenvalue weighted by atomic mass is 10.0. The summed E-state index contributed by atoms with van der Waals surface area (Å²) < 4.78 is 24.6. The van der Waals surface area contributed by atoms with Crippen molar-refractivity contribution < 1.29 is 13.3 Å². The minimum Gasteiger partial charge on any atom is -0.258 e. The van der Waals surface area contributed by atoms with E-state index in [1.807, 2.05) is 0 Å². The molecule has 0 atom stereocenters. The first-order valence-corrected chi connectivity index (χ1v) is 7.55. The van der Waals surface area contributed by atoms with E-state index in [0.29, 0.717) is 12.8 Å². The molecule has 0 N–H and O–H groups in total. The highest BCUT2D eigenvalue weighted by Crippen LogP contribution is 2.29. The van der Waals surface area contributed by atoms with E-state index in [1.54, 1.807) is 0 Å². The van der Waals surface area contributed by atoms with Crippen LogP contribution in [0.4, 0.5) is 5.69 Å². The molecule has 98 valence electrons. The largest absolute Gasteiger partial charge is 0.269 e. The van der Waals surface area contributed by atoms with Crippen molar-refractivity contribution in [3.63, 3.8) is 0 Å². The lowest BCUT2D eigenvalue weighted by Gasteiger charge is -2.21. The second-order valence-electron chi connectivity index (χ2n) is 4.56. The van der Waals surface area contributed by atoms with Gasteiger partial charge in [0, 0.05) is 12.1 Å². The number of benzene rings is 1. The molecule has 18 heavy (non-hydrogen) atoms. The number of nitrogens with zero attached hydrogens (tertiary/aromatic N) is 1. The first-order chi connectivity index (χ1) is 8.51. The van der Waals surface area contributed by atoms with Crippen LogP contribution in [0, 0.1) is 10.1 Å². The lowest BCUT2D eigenvalue weighted by molar-refractivity contribution is -0.384. The van der Waals surface area contributed by atoms with Crippen LogP contribution in [0.1, 0.15) is 32.1 Å². The molecule has 1 aromatic rings. The van der Waals surface area contributed by atoms with Gasteiger partial charge < -0.3 is 0 Å². The summed E-state index contributed by atoms with van der Waals surface area (Å²) in [6.45, 7) is 0. The van der Waals surface area contributed by atoms with Gasteiger partial charge in [0.05, 0.1) is 15.1 Å². The van der Waals surface area contributed by atoms with Crippen LogP contribution in [-0.4, -0.2) is 18.6 Å². The molecule has 1 aliphatic carbocycles. The Labute approximate surface area is 106 Å². The summed E-state index contributed by atoms with van der Waals surface area (Å²) in [5.74, 6) is 0. The number of rotatable bonds is 3. The SMILES string of the molecule is O=[N+]([O-])c1ccc(S(=O)(=O)C2CCCCC2)cc1. The maximum Gasteiger partial charge on any atom is 0.269 e. The number of nitro groups is 1. The van der Waals surface area contributed by atoms with Crippen molar-refractivity contribution in [1.29, 1.82) is 0 Å². The summed E-state index contributed by atoms with van der Waals surface area (Å²) in [6.07, 6.45) is 4.36. The Morgan fingerprint density at radius 1 is 1.06 bits per heavy atom. The molecule has 0 spiro atoms. The van der Waals surface area contributed by atoms with Crippen LogP contribution in [0.5, 0.6) is 0 Å². The van der Waals surface area contributed by atoms with Crippen molar-refractivity contribution in [1.82, 2.24) is 0 Å². The Kier molecular flexibility index (Phi) is 3.65. The van der Waals surface area contributed by atoms with Gasteiger partial charge in [0.15, 0.2) is 9.84 Å². The van der Waals surface area contributed by atoms with E-state index in [1.165, 1.54) is 24.3 Å². The minimum absolute atomic E-state index is 0.0856. The van der Waals surface area contributed by atoms with Gasteiger partial charge in [-0.25, -0.2) is 8.42 Å². The molecule has 0 amide bonds. The van der Waals surface area contributed by atoms with Crippen molar-refractivity contribution >= 4 is 15.5 Å². The van der Waals surface area contributed by atoms with E-state index in [4.69, 9.17) is 0 Å². The maximum absolute atomic E-state index is 12.3. The summed E-state index contributed by atoms with van der Waals surface area (Å²) in [5, 5.41) is 10.2. The minimum atomic E-state index is -3.33. The lowest BCUT2D eigenvalue weighted by Crippen LogP contribution is -2.24. The fourth-order valence-corrected chi connectivity index (χ4v) is 4.18. The molecule has 2 rings (SSSR count). The molecule has 0 saturated heterocycles. The zero-order valence-electron chi connectivity index (χ0n) is 9.91. The third-order valence-electron chi connectivity index (χ3n) is 3.37. The molecule has 0 bridgehead atoms. The topological polar surface area (TPSA) is 77.3 Å². The fourth-order valence-electron chi connectivity index (χ4n) is 2.33.